The summed E-state index contributed by atoms with van der Waals surface area (Å²) >= 11 is 0. The van der Waals surface area contributed by atoms with Crippen molar-refractivity contribution in [3.8, 4) is 0 Å². The van der Waals surface area contributed by atoms with Crippen molar-refractivity contribution >= 4 is 0 Å². The smallest absolute Gasteiger partial charge is 0.141 e. The third-order valence-corrected chi connectivity index (χ3v) is 1.49. The Bertz CT molecular complexity index is 237. The Morgan fingerprint density at radius 3 is 2.83 bits per heavy atom. The molecular formula is C8H11FN2O. The SMILES string of the molecule is CONC(C)c1ccc(F)cn1. The third kappa shape index (κ3) is 2.25. The van der Waals surface area contributed by atoms with E-state index in [1.54, 1.807) is 6.07 Å². The maximum Gasteiger partial charge on any atom is 0.141 e. The lowest BCUT2D eigenvalue weighted by atomic mass is 10.2. The van der Waals surface area contributed by atoms with Crippen molar-refractivity contribution in [1.29, 1.82) is 0 Å². The maximum atomic E-state index is 12.4. The van der Waals surface area contributed by atoms with Gasteiger partial charge in [-0.25, -0.2) is 4.39 Å². The molecule has 0 fully saturated rings. The van der Waals surface area contributed by atoms with Crippen molar-refractivity contribution in [1.82, 2.24) is 10.5 Å². The molecule has 0 radical (unpaired) electrons. The molecule has 3 nitrogen and oxygen atoms in total. The number of rotatable bonds is 3. The summed E-state index contributed by atoms with van der Waals surface area (Å²) in [5, 5.41) is 0. The minimum atomic E-state index is -0.330. The van der Waals surface area contributed by atoms with Gasteiger partial charge in [0.1, 0.15) is 5.82 Å². The third-order valence-electron chi connectivity index (χ3n) is 1.49. The van der Waals surface area contributed by atoms with Gasteiger partial charge >= 0.3 is 0 Å². The van der Waals surface area contributed by atoms with Gasteiger partial charge in [0.15, 0.2) is 0 Å². The lowest BCUT2D eigenvalue weighted by Crippen LogP contribution is -2.17. The van der Waals surface area contributed by atoms with Crippen molar-refractivity contribution < 1.29 is 9.23 Å². The number of nitrogens with zero attached hydrogens (tertiary/aromatic N) is 1. The highest BCUT2D eigenvalue weighted by Gasteiger charge is 2.04. The lowest BCUT2D eigenvalue weighted by Gasteiger charge is -2.10. The minimum Gasteiger partial charge on any atom is -0.304 e. The van der Waals surface area contributed by atoms with Gasteiger partial charge in [-0.3, -0.25) is 4.98 Å². The van der Waals surface area contributed by atoms with Crippen molar-refractivity contribution in [3.63, 3.8) is 0 Å². The second kappa shape index (κ2) is 4.13. The van der Waals surface area contributed by atoms with E-state index in [2.05, 4.69) is 10.5 Å². The van der Waals surface area contributed by atoms with Crippen LogP contribution in [0.2, 0.25) is 0 Å². The Morgan fingerprint density at radius 1 is 1.58 bits per heavy atom. The predicted molar refractivity (Wildman–Crippen MR) is 42.8 cm³/mol. The van der Waals surface area contributed by atoms with Crippen LogP contribution in [0.25, 0.3) is 0 Å². The number of halogens is 1. The van der Waals surface area contributed by atoms with Crippen LogP contribution in [0, 0.1) is 5.82 Å². The fraction of sp³-hybridized carbons (Fsp3) is 0.375. The van der Waals surface area contributed by atoms with E-state index in [1.807, 2.05) is 6.92 Å². The molecule has 0 spiro atoms. The molecule has 1 rings (SSSR count). The largest absolute Gasteiger partial charge is 0.304 e. The summed E-state index contributed by atoms with van der Waals surface area (Å²) in [5.41, 5.74) is 3.44. The van der Waals surface area contributed by atoms with Crippen LogP contribution in [0.5, 0.6) is 0 Å². The van der Waals surface area contributed by atoms with Gasteiger partial charge in [0.2, 0.25) is 0 Å². The molecule has 0 aromatic carbocycles. The van der Waals surface area contributed by atoms with E-state index in [4.69, 9.17) is 4.84 Å². The highest BCUT2D eigenvalue weighted by atomic mass is 19.1. The summed E-state index contributed by atoms with van der Waals surface area (Å²) in [5.74, 6) is -0.330. The first-order valence-electron chi connectivity index (χ1n) is 3.64. The minimum absolute atomic E-state index is 0.0319. The highest BCUT2D eigenvalue weighted by Crippen LogP contribution is 2.08. The first kappa shape index (κ1) is 9.09. The van der Waals surface area contributed by atoms with Crippen LogP contribution >= 0.6 is 0 Å². The molecule has 0 aliphatic rings. The molecule has 0 aliphatic carbocycles. The number of hydroxylamine groups is 1. The van der Waals surface area contributed by atoms with Crippen LogP contribution in [0.15, 0.2) is 18.3 Å². The molecule has 1 aromatic heterocycles. The lowest BCUT2D eigenvalue weighted by molar-refractivity contribution is 0.0647. The fourth-order valence-electron chi connectivity index (χ4n) is 0.881. The molecular weight excluding hydrogens is 159 g/mol. The molecule has 4 heteroatoms. The summed E-state index contributed by atoms with van der Waals surface area (Å²) in [7, 11) is 1.53. The van der Waals surface area contributed by atoms with Crippen molar-refractivity contribution in [3.05, 3.63) is 29.8 Å². The highest BCUT2D eigenvalue weighted by molar-refractivity contribution is 5.08. The summed E-state index contributed by atoms with van der Waals surface area (Å²) < 4.78 is 12.4. The monoisotopic (exact) mass is 170 g/mol. The van der Waals surface area contributed by atoms with Gasteiger partial charge in [0.25, 0.3) is 0 Å². The first-order valence-corrected chi connectivity index (χ1v) is 3.64. The van der Waals surface area contributed by atoms with Crippen LogP contribution < -0.4 is 5.48 Å². The van der Waals surface area contributed by atoms with Gasteiger partial charge in [-0.2, -0.15) is 5.48 Å². The van der Waals surface area contributed by atoms with Crippen LogP contribution in [-0.4, -0.2) is 12.1 Å². The predicted octanol–water partition coefficient (Wildman–Crippen LogP) is 1.43. The topological polar surface area (TPSA) is 34.1 Å². The Hall–Kier alpha value is -1.00. The molecule has 12 heavy (non-hydrogen) atoms. The van der Waals surface area contributed by atoms with E-state index in [0.29, 0.717) is 0 Å². The molecule has 1 atom stereocenters. The Kier molecular flexibility index (Phi) is 3.13. The molecule has 0 bridgehead atoms. The van der Waals surface area contributed by atoms with Gasteiger partial charge in [-0.1, -0.05) is 0 Å². The molecule has 66 valence electrons. The normalized spacial score (nSPS) is 12.9. The zero-order valence-corrected chi connectivity index (χ0v) is 7.04. The zero-order chi connectivity index (χ0) is 8.97. The van der Waals surface area contributed by atoms with Crippen LogP contribution in [0.1, 0.15) is 18.7 Å². The zero-order valence-electron chi connectivity index (χ0n) is 7.04. The number of aromatic nitrogens is 1. The van der Waals surface area contributed by atoms with E-state index < -0.39 is 0 Å². The second-order valence-corrected chi connectivity index (χ2v) is 2.44. The van der Waals surface area contributed by atoms with E-state index in [1.165, 1.54) is 19.4 Å². The Balaban J connectivity index is 2.68. The molecule has 1 unspecified atom stereocenters. The fourth-order valence-corrected chi connectivity index (χ4v) is 0.881. The summed E-state index contributed by atoms with van der Waals surface area (Å²) in [6.07, 6.45) is 1.18. The van der Waals surface area contributed by atoms with E-state index in [-0.39, 0.29) is 11.9 Å². The van der Waals surface area contributed by atoms with Gasteiger partial charge in [0, 0.05) is 0 Å². The second-order valence-electron chi connectivity index (χ2n) is 2.44. The summed E-state index contributed by atoms with van der Waals surface area (Å²) in [6.45, 7) is 1.88. The van der Waals surface area contributed by atoms with E-state index >= 15 is 0 Å². The number of nitrogens with one attached hydrogen (secondary N) is 1. The molecule has 0 saturated carbocycles. The van der Waals surface area contributed by atoms with Gasteiger partial charge in [-0.15, -0.1) is 0 Å². The van der Waals surface area contributed by atoms with Crippen molar-refractivity contribution in [2.75, 3.05) is 7.11 Å². The van der Waals surface area contributed by atoms with Crippen LogP contribution in [0.3, 0.4) is 0 Å². The first-order chi connectivity index (χ1) is 5.74. The van der Waals surface area contributed by atoms with E-state index in [0.717, 1.165) is 5.69 Å². The van der Waals surface area contributed by atoms with Gasteiger partial charge in [0.05, 0.1) is 25.0 Å². The van der Waals surface area contributed by atoms with Gasteiger partial charge < -0.3 is 4.84 Å². The maximum absolute atomic E-state index is 12.4. The Labute approximate surface area is 70.5 Å². The quantitative estimate of drug-likeness (QED) is 0.697. The van der Waals surface area contributed by atoms with E-state index in [9.17, 15) is 4.39 Å². The van der Waals surface area contributed by atoms with Crippen molar-refractivity contribution in [2.45, 2.75) is 13.0 Å². The number of hydrogen-bond acceptors (Lipinski definition) is 3. The molecule has 0 saturated heterocycles. The molecule has 0 aliphatic heterocycles. The van der Waals surface area contributed by atoms with Crippen LogP contribution in [-0.2, 0) is 4.84 Å². The summed E-state index contributed by atoms with van der Waals surface area (Å²) in [6, 6.07) is 2.96. The molecule has 1 aromatic rings. The Morgan fingerprint density at radius 2 is 2.33 bits per heavy atom. The number of pyridine rings is 1. The number of hydrogen-bond donors (Lipinski definition) is 1. The average Bonchev–Trinajstić information content (AvgIpc) is 2.06. The molecule has 1 heterocycles. The molecule has 1 N–H and O–H groups in total. The summed E-state index contributed by atoms with van der Waals surface area (Å²) in [4.78, 5) is 8.58. The van der Waals surface area contributed by atoms with Gasteiger partial charge in [-0.05, 0) is 19.1 Å². The average molecular weight is 170 g/mol. The van der Waals surface area contributed by atoms with Crippen molar-refractivity contribution in [2.24, 2.45) is 0 Å². The standard InChI is InChI=1S/C8H11FN2O/c1-6(11-12-2)8-4-3-7(9)5-10-8/h3-6,11H,1-2H3. The molecule has 0 amide bonds. The van der Waals surface area contributed by atoms with Crippen LogP contribution in [0.4, 0.5) is 4.39 Å².